The lowest BCUT2D eigenvalue weighted by atomic mass is 9.78. The van der Waals surface area contributed by atoms with Crippen LogP contribution in [0.15, 0.2) is 25.3 Å². The van der Waals surface area contributed by atoms with Crippen molar-refractivity contribution in [3.63, 3.8) is 0 Å². The van der Waals surface area contributed by atoms with Gasteiger partial charge in [-0.3, -0.25) is 4.90 Å². The number of nitrogens with zero attached hydrogens (tertiary/aromatic N) is 1. The van der Waals surface area contributed by atoms with Crippen molar-refractivity contribution in [1.82, 2.24) is 4.90 Å². The monoisotopic (exact) mass is 323 g/mol. The fourth-order valence-electron chi connectivity index (χ4n) is 3.56. The van der Waals surface area contributed by atoms with Gasteiger partial charge in [-0.2, -0.15) is 0 Å². The maximum Gasteiger partial charge on any atom is 0.330 e. The maximum absolute atomic E-state index is 11.5. The van der Waals surface area contributed by atoms with Crippen LogP contribution < -0.4 is 0 Å². The van der Waals surface area contributed by atoms with Crippen LogP contribution in [-0.2, 0) is 19.1 Å². The average molecular weight is 323 g/mol. The van der Waals surface area contributed by atoms with Gasteiger partial charge in [-0.25, -0.2) is 9.59 Å². The van der Waals surface area contributed by atoms with E-state index in [0.29, 0.717) is 6.54 Å². The lowest BCUT2D eigenvalue weighted by molar-refractivity contribution is -0.160. The van der Waals surface area contributed by atoms with Gasteiger partial charge in [0.1, 0.15) is 12.2 Å². The second kappa shape index (κ2) is 7.30. The van der Waals surface area contributed by atoms with E-state index >= 15 is 0 Å². The quantitative estimate of drug-likeness (QED) is 0.556. The number of carbonyl (C=O) groups is 2. The summed E-state index contributed by atoms with van der Waals surface area (Å²) < 4.78 is 10.8. The van der Waals surface area contributed by atoms with E-state index < -0.39 is 5.97 Å². The van der Waals surface area contributed by atoms with Gasteiger partial charge in [0.05, 0.1) is 0 Å². The standard InChI is InChI=1S/C18H29NO4/c1-8-15(20)22-13(3)12-19-17(4,5)10-14(11-18(19,6)7)23-16(21)9-2/h8-9,13-14H,1-2,10-12H2,3-7H3. The van der Waals surface area contributed by atoms with Crippen LogP contribution in [0.4, 0.5) is 0 Å². The van der Waals surface area contributed by atoms with Gasteiger partial charge >= 0.3 is 11.9 Å². The highest BCUT2D eigenvalue weighted by molar-refractivity contribution is 5.81. The van der Waals surface area contributed by atoms with Crippen LogP contribution in [0.3, 0.4) is 0 Å². The average Bonchev–Trinajstić information content (AvgIpc) is 2.41. The van der Waals surface area contributed by atoms with Crippen molar-refractivity contribution in [2.45, 2.75) is 70.7 Å². The van der Waals surface area contributed by atoms with Crippen LogP contribution in [0.2, 0.25) is 0 Å². The minimum Gasteiger partial charge on any atom is -0.459 e. The Balaban J connectivity index is 2.84. The molecule has 1 aliphatic rings. The van der Waals surface area contributed by atoms with E-state index in [0.717, 1.165) is 12.8 Å². The van der Waals surface area contributed by atoms with E-state index in [1.165, 1.54) is 12.2 Å². The number of esters is 2. The summed E-state index contributed by atoms with van der Waals surface area (Å²) in [5.41, 5.74) is -0.384. The first-order valence-corrected chi connectivity index (χ1v) is 7.95. The van der Waals surface area contributed by atoms with Gasteiger partial charge in [0.15, 0.2) is 0 Å². The summed E-state index contributed by atoms with van der Waals surface area (Å²) in [6.07, 6.45) is 3.42. The van der Waals surface area contributed by atoms with Gasteiger partial charge in [0.2, 0.25) is 0 Å². The fraction of sp³-hybridized carbons (Fsp3) is 0.667. The summed E-state index contributed by atoms with van der Waals surface area (Å²) in [5.74, 6) is -0.800. The number of piperidine rings is 1. The lowest BCUT2D eigenvalue weighted by Crippen LogP contribution is -2.63. The molecule has 0 spiro atoms. The first-order valence-electron chi connectivity index (χ1n) is 7.95. The third kappa shape index (κ3) is 5.20. The van der Waals surface area contributed by atoms with Crippen molar-refractivity contribution in [3.05, 3.63) is 25.3 Å². The van der Waals surface area contributed by atoms with Crippen LogP contribution in [0.5, 0.6) is 0 Å². The molecule has 0 N–H and O–H groups in total. The highest BCUT2D eigenvalue weighted by Crippen LogP contribution is 2.39. The molecular weight excluding hydrogens is 294 g/mol. The highest BCUT2D eigenvalue weighted by Gasteiger charge is 2.46. The van der Waals surface area contributed by atoms with Crippen LogP contribution in [0.25, 0.3) is 0 Å². The van der Waals surface area contributed by atoms with Crippen molar-refractivity contribution in [2.75, 3.05) is 6.54 Å². The zero-order chi connectivity index (χ0) is 17.8. The molecule has 0 saturated carbocycles. The Hall–Kier alpha value is -1.62. The zero-order valence-electron chi connectivity index (χ0n) is 14.9. The fourth-order valence-corrected chi connectivity index (χ4v) is 3.56. The van der Waals surface area contributed by atoms with Crippen LogP contribution >= 0.6 is 0 Å². The first-order chi connectivity index (χ1) is 10.5. The Morgan fingerprint density at radius 3 is 2.04 bits per heavy atom. The van der Waals surface area contributed by atoms with Gasteiger partial charge in [-0.05, 0) is 34.6 Å². The van der Waals surface area contributed by atoms with Crippen LogP contribution in [0, 0.1) is 0 Å². The Morgan fingerprint density at radius 2 is 1.61 bits per heavy atom. The lowest BCUT2D eigenvalue weighted by Gasteiger charge is -2.55. The van der Waals surface area contributed by atoms with E-state index in [4.69, 9.17) is 9.47 Å². The van der Waals surface area contributed by atoms with E-state index in [-0.39, 0.29) is 29.3 Å². The molecule has 5 heteroatoms. The Morgan fingerprint density at radius 1 is 1.13 bits per heavy atom. The zero-order valence-corrected chi connectivity index (χ0v) is 14.9. The van der Waals surface area contributed by atoms with Gasteiger partial charge < -0.3 is 9.47 Å². The maximum atomic E-state index is 11.5. The first kappa shape index (κ1) is 19.4. The summed E-state index contributed by atoms with van der Waals surface area (Å²) in [4.78, 5) is 25.2. The molecule has 1 rings (SSSR count). The molecule has 5 nitrogen and oxygen atoms in total. The smallest absolute Gasteiger partial charge is 0.330 e. The molecule has 1 fully saturated rings. The number of hydrogen-bond donors (Lipinski definition) is 0. The molecule has 0 aliphatic carbocycles. The SMILES string of the molecule is C=CC(=O)OC(C)CN1C(C)(C)CC(OC(=O)C=C)CC1(C)C. The minimum absolute atomic E-state index is 0.146. The third-order valence-corrected chi connectivity index (χ3v) is 4.29. The predicted molar refractivity (Wildman–Crippen MR) is 89.9 cm³/mol. The summed E-state index contributed by atoms with van der Waals surface area (Å²) >= 11 is 0. The Labute approximate surface area is 139 Å². The van der Waals surface area contributed by atoms with Crippen LogP contribution in [-0.4, -0.2) is 46.7 Å². The van der Waals surface area contributed by atoms with Gasteiger partial charge in [-0.1, -0.05) is 13.2 Å². The molecule has 0 aromatic heterocycles. The number of ether oxygens (including phenoxy) is 2. The number of carbonyl (C=O) groups excluding carboxylic acids is 2. The molecule has 1 unspecified atom stereocenters. The molecule has 1 atom stereocenters. The molecule has 23 heavy (non-hydrogen) atoms. The van der Waals surface area contributed by atoms with Crippen molar-refractivity contribution in [2.24, 2.45) is 0 Å². The third-order valence-electron chi connectivity index (χ3n) is 4.29. The van der Waals surface area contributed by atoms with E-state index in [2.05, 4.69) is 45.8 Å². The predicted octanol–water partition coefficient (Wildman–Crippen LogP) is 2.85. The second-order valence-corrected chi connectivity index (χ2v) is 7.36. The molecule has 0 aromatic rings. The molecule has 1 aliphatic heterocycles. The molecule has 1 saturated heterocycles. The van der Waals surface area contributed by atoms with Gasteiger partial charge in [0, 0.05) is 42.6 Å². The molecule has 130 valence electrons. The second-order valence-electron chi connectivity index (χ2n) is 7.36. The van der Waals surface area contributed by atoms with Crippen molar-refractivity contribution < 1.29 is 19.1 Å². The normalized spacial score (nSPS) is 22.0. The van der Waals surface area contributed by atoms with Crippen LogP contribution in [0.1, 0.15) is 47.5 Å². The van der Waals surface area contributed by atoms with Crippen molar-refractivity contribution >= 4 is 11.9 Å². The summed E-state index contributed by atoms with van der Waals surface area (Å²) in [6.45, 7) is 17.8. The molecule has 0 bridgehead atoms. The summed E-state index contributed by atoms with van der Waals surface area (Å²) in [6, 6.07) is 0. The van der Waals surface area contributed by atoms with E-state index in [1.807, 2.05) is 6.92 Å². The van der Waals surface area contributed by atoms with E-state index in [9.17, 15) is 9.59 Å². The molecule has 0 aromatic carbocycles. The number of rotatable bonds is 6. The summed E-state index contributed by atoms with van der Waals surface area (Å²) in [7, 11) is 0. The molecule has 0 amide bonds. The summed E-state index contributed by atoms with van der Waals surface area (Å²) in [5, 5.41) is 0. The number of likely N-dealkylation sites (tertiary alicyclic amines) is 1. The molecular formula is C18H29NO4. The van der Waals surface area contributed by atoms with E-state index in [1.54, 1.807) is 0 Å². The topological polar surface area (TPSA) is 55.8 Å². The minimum atomic E-state index is -0.414. The Bertz CT molecular complexity index is 463. The Kier molecular flexibility index (Phi) is 6.17. The van der Waals surface area contributed by atoms with Crippen molar-refractivity contribution in [1.29, 1.82) is 0 Å². The number of hydrogen-bond acceptors (Lipinski definition) is 5. The van der Waals surface area contributed by atoms with Gasteiger partial charge in [-0.15, -0.1) is 0 Å². The largest absolute Gasteiger partial charge is 0.459 e. The van der Waals surface area contributed by atoms with Crippen molar-refractivity contribution in [3.8, 4) is 0 Å². The molecule has 1 heterocycles. The van der Waals surface area contributed by atoms with Gasteiger partial charge in [0.25, 0.3) is 0 Å². The highest BCUT2D eigenvalue weighted by atomic mass is 16.5. The molecule has 0 radical (unpaired) electrons.